The maximum Gasteiger partial charge on any atom is 0.301 e. The van der Waals surface area contributed by atoms with Gasteiger partial charge in [0.05, 0.1) is 21.6 Å². The molecule has 21 heavy (non-hydrogen) atoms. The number of hydrogen-bond donors (Lipinski definition) is 1. The van der Waals surface area contributed by atoms with E-state index in [0.29, 0.717) is 0 Å². The number of nitrogens with zero attached hydrogens (tertiary/aromatic N) is 3. The fraction of sp³-hybridized carbons (Fsp3) is 0.308. The highest BCUT2D eigenvalue weighted by Gasteiger charge is 2.20. The summed E-state index contributed by atoms with van der Waals surface area (Å²) in [7, 11) is 0. The van der Waals surface area contributed by atoms with Crippen LogP contribution in [0.5, 0.6) is 0 Å². The van der Waals surface area contributed by atoms with Gasteiger partial charge in [-0.2, -0.15) is 5.10 Å². The van der Waals surface area contributed by atoms with Gasteiger partial charge in [-0.1, -0.05) is 12.5 Å². The summed E-state index contributed by atoms with van der Waals surface area (Å²) >= 11 is 0. The van der Waals surface area contributed by atoms with Crippen molar-refractivity contribution in [2.75, 3.05) is 5.43 Å². The predicted octanol–water partition coefficient (Wildman–Crippen LogP) is 3.26. The summed E-state index contributed by atoms with van der Waals surface area (Å²) in [6.45, 7) is 4.01. The quantitative estimate of drug-likeness (QED) is 0.675. The van der Waals surface area contributed by atoms with Crippen molar-refractivity contribution in [3.63, 3.8) is 0 Å². The average molecular weight is 290 g/mol. The van der Waals surface area contributed by atoms with Gasteiger partial charge in [0.2, 0.25) is 0 Å². The lowest BCUT2D eigenvalue weighted by atomic mass is 10.1. The summed E-state index contributed by atoms with van der Waals surface area (Å²) in [5.74, 6) is 0.245. The maximum absolute atomic E-state index is 11.0. The van der Waals surface area contributed by atoms with E-state index < -0.39 is 9.85 Å². The molecular formula is C13H14N4O4. The molecule has 1 N–H and O–H groups in total. The number of anilines is 1. The van der Waals surface area contributed by atoms with E-state index in [-0.39, 0.29) is 23.0 Å². The third kappa shape index (κ3) is 3.22. The van der Waals surface area contributed by atoms with Crippen LogP contribution in [0.15, 0.2) is 34.9 Å². The van der Waals surface area contributed by atoms with Crippen LogP contribution in [0.3, 0.4) is 0 Å². The van der Waals surface area contributed by atoms with Gasteiger partial charge in [0.25, 0.3) is 5.69 Å². The zero-order valence-corrected chi connectivity index (χ0v) is 11.6. The summed E-state index contributed by atoms with van der Waals surface area (Å²) < 4.78 is 0. The second-order valence-corrected chi connectivity index (χ2v) is 4.96. The highest BCUT2D eigenvalue weighted by Crippen LogP contribution is 2.29. The Morgan fingerprint density at radius 3 is 2.52 bits per heavy atom. The number of nitrogens with one attached hydrogen (secondary N) is 1. The van der Waals surface area contributed by atoms with Gasteiger partial charge < -0.3 is 0 Å². The van der Waals surface area contributed by atoms with E-state index in [1.54, 1.807) is 0 Å². The van der Waals surface area contributed by atoms with Crippen molar-refractivity contribution in [3.8, 4) is 0 Å². The van der Waals surface area contributed by atoms with Gasteiger partial charge in [-0.25, -0.2) is 0 Å². The van der Waals surface area contributed by atoms with Crippen LogP contribution in [0.25, 0.3) is 0 Å². The van der Waals surface area contributed by atoms with Crippen molar-refractivity contribution in [2.45, 2.75) is 20.3 Å². The largest absolute Gasteiger partial charge is 0.301 e. The number of hydrazone groups is 1. The maximum atomic E-state index is 11.0. The third-order valence-electron chi connectivity index (χ3n) is 3.22. The Kier molecular flexibility index (Phi) is 3.97. The molecule has 1 aliphatic rings. The molecule has 0 aliphatic heterocycles. The number of nitro groups is 2. The molecule has 0 bridgehead atoms. The molecule has 1 unspecified atom stereocenters. The van der Waals surface area contributed by atoms with E-state index in [9.17, 15) is 20.2 Å². The second kappa shape index (κ2) is 5.70. The molecule has 0 heterocycles. The van der Waals surface area contributed by atoms with Crippen molar-refractivity contribution < 1.29 is 9.85 Å². The van der Waals surface area contributed by atoms with E-state index in [1.165, 1.54) is 17.7 Å². The fourth-order valence-electron chi connectivity index (χ4n) is 2.19. The molecule has 8 nitrogen and oxygen atoms in total. The van der Waals surface area contributed by atoms with Crippen LogP contribution >= 0.6 is 0 Å². The van der Waals surface area contributed by atoms with Crippen molar-refractivity contribution in [3.05, 3.63) is 50.1 Å². The van der Waals surface area contributed by atoms with Gasteiger partial charge in [0.1, 0.15) is 5.69 Å². The molecule has 8 heteroatoms. The predicted molar refractivity (Wildman–Crippen MR) is 78.3 cm³/mol. The minimum Gasteiger partial charge on any atom is -0.271 e. The molecule has 2 rings (SSSR count). The third-order valence-corrected chi connectivity index (χ3v) is 3.22. The normalized spacial score (nSPS) is 19.4. The topological polar surface area (TPSA) is 111 Å². The summed E-state index contributed by atoms with van der Waals surface area (Å²) in [5, 5.41) is 25.8. The minimum atomic E-state index is -0.673. The molecule has 1 aliphatic carbocycles. The zero-order valence-electron chi connectivity index (χ0n) is 11.6. The van der Waals surface area contributed by atoms with Crippen LogP contribution in [-0.4, -0.2) is 15.6 Å². The van der Waals surface area contributed by atoms with Gasteiger partial charge >= 0.3 is 5.69 Å². The molecule has 1 aromatic carbocycles. The van der Waals surface area contributed by atoms with Gasteiger partial charge in [-0.3, -0.25) is 25.7 Å². The van der Waals surface area contributed by atoms with E-state index >= 15 is 0 Å². The first-order valence-electron chi connectivity index (χ1n) is 6.32. The monoisotopic (exact) mass is 290 g/mol. The lowest BCUT2D eigenvalue weighted by Gasteiger charge is -2.05. The van der Waals surface area contributed by atoms with Gasteiger partial charge in [-0.15, -0.1) is 0 Å². The van der Waals surface area contributed by atoms with Crippen LogP contribution in [-0.2, 0) is 0 Å². The smallest absolute Gasteiger partial charge is 0.271 e. The zero-order chi connectivity index (χ0) is 15.6. The van der Waals surface area contributed by atoms with Gasteiger partial charge in [0, 0.05) is 12.0 Å². The number of hydrogen-bond acceptors (Lipinski definition) is 6. The molecule has 0 saturated carbocycles. The van der Waals surface area contributed by atoms with E-state index in [2.05, 4.69) is 10.5 Å². The Balaban J connectivity index is 2.30. The Morgan fingerprint density at radius 1 is 1.29 bits per heavy atom. The number of allylic oxidation sites excluding steroid dienone is 2. The van der Waals surface area contributed by atoms with Crippen LogP contribution in [0.4, 0.5) is 17.1 Å². The van der Waals surface area contributed by atoms with Gasteiger partial charge in [0.15, 0.2) is 0 Å². The van der Waals surface area contributed by atoms with Crippen molar-refractivity contribution in [1.82, 2.24) is 0 Å². The molecule has 110 valence electrons. The molecule has 1 atom stereocenters. The first kappa shape index (κ1) is 14.6. The Morgan fingerprint density at radius 2 is 2.00 bits per heavy atom. The number of nitro benzene ring substituents is 2. The summed E-state index contributed by atoms with van der Waals surface area (Å²) in [5.41, 5.74) is 4.06. The van der Waals surface area contributed by atoms with Crippen molar-refractivity contribution in [1.29, 1.82) is 0 Å². The van der Waals surface area contributed by atoms with Crippen molar-refractivity contribution >= 4 is 22.8 Å². The van der Waals surface area contributed by atoms with Crippen LogP contribution in [0.1, 0.15) is 20.3 Å². The molecule has 1 aromatic rings. The summed E-state index contributed by atoms with van der Waals surface area (Å²) in [6, 6.07) is 3.41. The lowest BCUT2D eigenvalue weighted by Crippen LogP contribution is -2.06. The molecule has 0 fully saturated rings. The molecular weight excluding hydrogens is 276 g/mol. The highest BCUT2D eigenvalue weighted by molar-refractivity contribution is 6.00. The minimum absolute atomic E-state index is 0.128. The molecule has 0 spiro atoms. The number of non-ortho nitro benzene ring substituents is 1. The molecule has 0 aromatic heterocycles. The van der Waals surface area contributed by atoms with E-state index in [4.69, 9.17) is 0 Å². The van der Waals surface area contributed by atoms with E-state index in [0.717, 1.165) is 18.2 Å². The van der Waals surface area contributed by atoms with E-state index in [1.807, 2.05) is 19.9 Å². The first-order chi connectivity index (χ1) is 9.88. The lowest BCUT2D eigenvalue weighted by molar-refractivity contribution is -0.393. The SMILES string of the molecule is CC1=C/C(=N\Nc2ccc([N+](=O)[O-])cc2[N+](=O)[O-])C(C)C1. The second-order valence-electron chi connectivity index (χ2n) is 4.96. The fourth-order valence-corrected chi connectivity index (χ4v) is 2.19. The van der Waals surface area contributed by atoms with Crippen molar-refractivity contribution in [2.24, 2.45) is 11.0 Å². The van der Waals surface area contributed by atoms with Crippen LogP contribution < -0.4 is 5.43 Å². The summed E-state index contributed by atoms with van der Waals surface area (Å²) in [4.78, 5) is 20.3. The standard InChI is InChI=1S/C13H14N4O4/c1-8-5-9(2)12(6-8)15-14-11-4-3-10(16(18)19)7-13(11)17(20)21/h3-4,6-7,9,14H,5H2,1-2H3/b15-12+. The summed E-state index contributed by atoms with van der Waals surface area (Å²) in [6.07, 6.45) is 2.83. The number of benzene rings is 1. The Labute approximate surface area is 120 Å². The first-order valence-corrected chi connectivity index (χ1v) is 6.32. The average Bonchev–Trinajstić information content (AvgIpc) is 2.74. The highest BCUT2D eigenvalue weighted by atomic mass is 16.6. The number of rotatable bonds is 4. The van der Waals surface area contributed by atoms with Crippen LogP contribution in [0, 0.1) is 26.1 Å². The molecule has 0 saturated heterocycles. The Hall–Kier alpha value is -2.77. The molecule has 0 radical (unpaired) electrons. The molecule has 0 amide bonds. The van der Waals surface area contributed by atoms with Gasteiger partial charge in [-0.05, 0) is 25.5 Å². The van der Waals surface area contributed by atoms with Crippen LogP contribution in [0.2, 0.25) is 0 Å². The Bertz CT molecular complexity index is 666.